The maximum Gasteiger partial charge on any atom is 0.155 e. The maximum atomic E-state index is 12.6. The van der Waals surface area contributed by atoms with Crippen LogP contribution in [0.4, 0.5) is 0 Å². The summed E-state index contributed by atoms with van der Waals surface area (Å²) in [4.78, 5) is 12.6. The summed E-state index contributed by atoms with van der Waals surface area (Å²) >= 11 is 0. The molecule has 0 aromatic rings. The topological polar surface area (TPSA) is 29.1 Å². The molecule has 1 rings (SSSR count). The van der Waals surface area contributed by atoms with Crippen molar-refractivity contribution in [1.29, 1.82) is 0 Å². The van der Waals surface area contributed by atoms with Crippen molar-refractivity contribution in [2.45, 2.75) is 99.1 Å². The summed E-state index contributed by atoms with van der Waals surface area (Å²) in [6.45, 7) is 12.5. The molecule has 1 atom stereocenters. The highest BCUT2D eigenvalue weighted by Gasteiger charge is 2.32. The van der Waals surface area contributed by atoms with E-state index in [9.17, 15) is 4.79 Å². The Balaban J connectivity index is 0.00000361. The number of rotatable bonds is 5. The van der Waals surface area contributed by atoms with Crippen LogP contribution in [0.2, 0.25) is 0 Å². The van der Waals surface area contributed by atoms with Crippen molar-refractivity contribution in [1.82, 2.24) is 5.32 Å². The Hall–Kier alpha value is -0.370. The molecule has 0 radical (unpaired) electrons. The summed E-state index contributed by atoms with van der Waals surface area (Å²) in [5, 5.41) is 3.54. The first-order valence-electron chi connectivity index (χ1n) is 7.91. The fourth-order valence-corrected chi connectivity index (χ4v) is 3.02. The zero-order valence-corrected chi connectivity index (χ0v) is 13.8. The summed E-state index contributed by atoms with van der Waals surface area (Å²) in [6.07, 6.45) is 7.70. The Morgan fingerprint density at radius 1 is 1.10 bits per heavy atom. The van der Waals surface area contributed by atoms with Crippen molar-refractivity contribution in [3.8, 4) is 0 Å². The molecule has 1 N–H and O–H groups in total. The summed E-state index contributed by atoms with van der Waals surface area (Å²) in [5.74, 6) is 1.22. The molecule has 1 aliphatic rings. The predicted octanol–water partition coefficient (Wildman–Crippen LogP) is 4.96. The number of Topliss-reactive ketones (excluding diaryl/α,β-unsaturated/α-hetero) is 1. The van der Waals surface area contributed by atoms with E-state index in [1.54, 1.807) is 0 Å². The fourth-order valence-electron chi connectivity index (χ4n) is 3.02. The summed E-state index contributed by atoms with van der Waals surface area (Å²) in [7, 11) is 0. The Bertz CT molecular complexity index is 290. The van der Waals surface area contributed by atoms with Crippen LogP contribution >= 0.6 is 0 Å². The third-order valence-corrected chi connectivity index (χ3v) is 4.00. The van der Waals surface area contributed by atoms with Gasteiger partial charge in [-0.15, -0.1) is 0 Å². The van der Waals surface area contributed by atoms with Gasteiger partial charge in [-0.25, -0.2) is 0 Å². The van der Waals surface area contributed by atoms with Crippen molar-refractivity contribution in [2.75, 3.05) is 0 Å². The summed E-state index contributed by atoms with van der Waals surface area (Å²) in [5.41, 5.74) is -0.250. The van der Waals surface area contributed by atoms with E-state index < -0.39 is 0 Å². The van der Waals surface area contributed by atoms with Gasteiger partial charge in [0.1, 0.15) is 0 Å². The molecule has 1 saturated carbocycles. The molecular weight excluding hydrogens is 246 g/mol. The molecule has 0 bridgehead atoms. The third kappa shape index (κ3) is 6.88. The van der Waals surface area contributed by atoms with Gasteiger partial charge in [0.25, 0.3) is 0 Å². The van der Waals surface area contributed by atoms with Crippen LogP contribution in [0.1, 0.15) is 87.5 Å². The molecule has 2 heteroatoms. The fraction of sp³-hybridized carbons (Fsp3) is 0.944. The van der Waals surface area contributed by atoms with E-state index in [1.165, 1.54) is 32.1 Å². The van der Waals surface area contributed by atoms with Gasteiger partial charge in [-0.2, -0.15) is 0 Å². The molecule has 0 aromatic heterocycles. The van der Waals surface area contributed by atoms with Gasteiger partial charge in [0, 0.05) is 11.0 Å². The van der Waals surface area contributed by atoms with E-state index in [4.69, 9.17) is 0 Å². The average Bonchev–Trinajstić information content (AvgIpc) is 2.73. The van der Waals surface area contributed by atoms with Crippen LogP contribution in [0.15, 0.2) is 0 Å². The van der Waals surface area contributed by atoms with Crippen molar-refractivity contribution in [2.24, 2.45) is 11.3 Å². The average molecular weight is 283 g/mol. The van der Waals surface area contributed by atoms with E-state index >= 15 is 0 Å². The van der Waals surface area contributed by atoms with E-state index in [1.807, 2.05) is 20.8 Å². The van der Waals surface area contributed by atoms with Gasteiger partial charge in [-0.05, 0) is 39.5 Å². The first-order chi connectivity index (χ1) is 8.59. The molecule has 20 heavy (non-hydrogen) atoms. The van der Waals surface area contributed by atoms with Gasteiger partial charge >= 0.3 is 0 Å². The van der Waals surface area contributed by atoms with Crippen LogP contribution in [-0.4, -0.2) is 17.4 Å². The molecule has 1 unspecified atom stereocenters. The van der Waals surface area contributed by atoms with Crippen LogP contribution < -0.4 is 5.32 Å². The molecule has 1 aliphatic carbocycles. The van der Waals surface area contributed by atoms with E-state index in [-0.39, 0.29) is 24.4 Å². The lowest BCUT2D eigenvalue weighted by Crippen LogP contribution is -2.50. The second-order valence-corrected chi connectivity index (χ2v) is 8.29. The lowest BCUT2D eigenvalue weighted by Gasteiger charge is -2.32. The highest BCUT2D eigenvalue weighted by molar-refractivity contribution is 5.88. The Morgan fingerprint density at radius 3 is 2.00 bits per heavy atom. The van der Waals surface area contributed by atoms with Crippen molar-refractivity contribution in [3.05, 3.63) is 0 Å². The van der Waals surface area contributed by atoms with Crippen molar-refractivity contribution >= 4 is 5.78 Å². The minimum atomic E-state index is -0.251. The molecule has 0 saturated heterocycles. The van der Waals surface area contributed by atoms with Gasteiger partial charge in [0.15, 0.2) is 5.78 Å². The SMILES string of the molecule is C.CC(C)(C)NC(CCC1CCCC1)C(=O)C(C)(C)C. The Morgan fingerprint density at radius 2 is 1.60 bits per heavy atom. The molecule has 1 fully saturated rings. The number of hydrogen-bond donors (Lipinski definition) is 1. The second kappa shape index (κ2) is 7.59. The van der Waals surface area contributed by atoms with E-state index in [0.717, 1.165) is 12.3 Å². The van der Waals surface area contributed by atoms with Crippen LogP contribution in [0.3, 0.4) is 0 Å². The van der Waals surface area contributed by atoms with Gasteiger partial charge in [0.05, 0.1) is 6.04 Å². The normalized spacial score (nSPS) is 18.7. The maximum absolute atomic E-state index is 12.6. The highest BCUT2D eigenvalue weighted by Crippen LogP contribution is 2.30. The minimum absolute atomic E-state index is 0. The first-order valence-corrected chi connectivity index (χ1v) is 7.91. The molecule has 0 aliphatic heterocycles. The number of hydrogen-bond acceptors (Lipinski definition) is 2. The van der Waals surface area contributed by atoms with E-state index in [0.29, 0.717) is 5.78 Å². The third-order valence-electron chi connectivity index (χ3n) is 4.00. The van der Waals surface area contributed by atoms with Crippen molar-refractivity contribution < 1.29 is 4.79 Å². The molecule has 0 heterocycles. The number of ketones is 1. The molecule has 0 amide bonds. The lowest BCUT2D eigenvalue weighted by molar-refractivity contribution is -0.129. The summed E-state index contributed by atoms with van der Waals surface area (Å²) in [6, 6.07) is 0.0144. The first kappa shape index (κ1) is 19.6. The largest absolute Gasteiger partial charge is 0.303 e. The van der Waals surface area contributed by atoms with Crippen LogP contribution in [-0.2, 0) is 4.79 Å². The van der Waals surface area contributed by atoms with Gasteiger partial charge < -0.3 is 5.32 Å². The second-order valence-electron chi connectivity index (χ2n) is 8.29. The summed E-state index contributed by atoms with van der Waals surface area (Å²) < 4.78 is 0. The number of nitrogens with one attached hydrogen (secondary N) is 1. The molecule has 0 spiro atoms. The van der Waals surface area contributed by atoms with Crippen LogP contribution in [0.5, 0.6) is 0 Å². The zero-order valence-electron chi connectivity index (χ0n) is 13.8. The lowest BCUT2D eigenvalue weighted by atomic mass is 9.83. The van der Waals surface area contributed by atoms with Gasteiger partial charge in [-0.3, -0.25) is 4.79 Å². The number of carbonyl (C=O) groups excluding carboxylic acids is 1. The molecule has 0 aromatic carbocycles. The van der Waals surface area contributed by atoms with Crippen LogP contribution in [0.25, 0.3) is 0 Å². The standard InChI is InChI=1S/C17H33NO.CH4/c1-16(2,3)15(19)14(18-17(4,5)6)12-11-13-9-7-8-10-13;/h13-14,18H,7-12H2,1-6H3;1H4. The Labute approximate surface area is 127 Å². The monoisotopic (exact) mass is 283 g/mol. The predicted molar refractivity (Wildman–Crippen MR) is 89.1 cm³/mol. The highest BCUT2D eigenvalue weighted by atomic mass is 16.1. The number of carbonyl (C=O) groups is 1. The Kier molecular flexibility index (Phi) is 7.44. The zero-order chi connectivity index (χ0) is 14.7. The van der Waals surface area contributed by atoms with Gasteiger partial charge in [0.2, 0.25) is 0 Å². The molecular formula is C18H37NO. The van der Waals surface area contributed by atoms with Gasteiger partial charge in [-0.1, -0.05) is 53.9 Å². The molecule has 2 nitrogen and oxygen atoms in total. The van der Waals surface area contributed by atoms with E-state index in [2.05, 4.69) is 26.1 Å². The van der Waals surface area contributed by atoms with Crippen molar-refractivity contribution in [3.63, 3.8) is 0 Å². The molecule has 120 valence electrons. The minimum Gasteiger partial charge on any atom is -0.303 e. The van der Waals surface area contributed by atoms with Crippen LogP contribution in [0, 0.1) is 11.3 Å². The smallest absolute Gasteiger partial charge is 0.155 e. The quantitative estimate of drug-likeness (QED) is 0.772.